The standard InChI is InChI=1S/C28H36FN3O3/c1-28(10-2-11-28)19-31-12-7-20(8-13-31)18-35-26-6-4-22(16-30-26)21-3-5-24(25(29)15-21)27(34)32-14-9-23(33)17-32/h3-6,15-16,20,23,33H,2,7-14,17-19H2,1H3/t23-/m0/s1. The number of benzene rings is 1. The minimum Gasteiger partial charge on any atom is -0.477 e. The predicted molar refractivity (Wildman–Crippen MR) is 133 cm³/mol. The Balaban J connectivity index is 1.12. The molecule has 0 spiro atoms. The van der Waals surface area contributed by atoms with Gasteiger partial charge in [-0.2, -0.15) is 0 Å². The number of likely N-dealkylation sites (tertiary alicyclic amines) is 2. The summed E-state index contributed by atoms with van der Waals surface area (Å²) in [5.74, 6) is 0.193. The Labute approximate surface area is 207 Å². The predicted octanol–water partition coefficient (Wildman–Crippen LogP) is 4.38. The van der Waals surface area contributed by atoms with Gasteiger partial charge < -0.3 is 19.6 Å². The van der Waals surface area contributed by atoms with Crippen LogP contribution < -0.4 is 4.74 Å². The fourth-order valence-electron chi connectivity index (χ4n) is 5.59. The van der Waals surface area contributed by atoms with Crippen LogP contribution in [-0.2, 0) is 0 Å². The van der Waals surface area contributed by atoms with Crippen LogP contribution in [0.15, 0.2) is 36.5 Å². The summed E-state index contributed by atoms with van der Waals surface area (Å²) in [7, 11) is 0. The van der Waals surface area contributed by atoms with Crippen LogP contribution in [0.25, 0.3) is 11.1 Å². The van der Waals surface area contributed by atoms with E-state index in [9.17, 15) is 14.3 Å². The van der Waals surface area contributed by atoms with Crippen LogP contribution in [0.1, 0.15) is 55.8 Å². The number of aliphatic hydroxyl groups is 1. The second-order valence-electron chi connectivity index (χ2n) is 11.0. The van der Waals surface area contributed by atoms with Gasteiger partial charge in [-0.25, -0.2) is 9.37 Å². The highest BCUT2D eigenvalue weighted by Gasteiger charge is 2.34. The molecule has 1 aromatic carbocycles. The average Bonchev–Trinajstić information content (AvgIpc) is 3.29. The topological polar surface area (TPSA) is 65.9 Å². The summed E-state index contributed by atoms with van der Waals surface area (Å²) in [6.07, 6.45) is 8.14. The Morgan fingerprint density at radius 1 is 1.14 bits per heavy atom. The van der Waals surface area contributed by atoms with E-state index in [1.807, 2.05) is 12.1 Å². The number of rotatable bonds is 7. The average molecular weight is 482 g/mol. The molecule has 1 aromatic heterocycles. The Hall–Kier alpha value is -2.51. The number of carbonyl (C=O) groups is 1. The summed E-state index contributed by atoms with van der Waals surface area (Å²) in [4.78, 5) is 21.1. The Morgan fingerprint density at radius 2 is 1.91 bits per heavy atom. The highest BCUT2D eigenvalue weighted by molar-refractivity contribution is 5.95. The van der Waals surface area contributed by atoms with Crippen molar-refractivity contribution in [3.63, 3.8) is 0 Å². The summed E-state index contributed by atoms with van der Waals surface area (Å²) in [5.41, 5.74) is 2.01. The Bertz CT molecular complexity index is 1030. The zero-order valence-corrected chi connectivity index (χ0v) is 20.6. The van der Waals surface area contributed by atoms with Crippen molar-refractivity contribution in [2.75, 3.05) is 39.3 Å². The largest absolute Gasteiger partial charge is 0.477 e. The molecule has 1 amide bonds. The fraction of sp³-hybridized carbons (Fsp3) is 0.571. The molecular formula is C28H36FN3O3. The van der Waals surface area contributed by atoms with Gasteiger partial charge in [-0.15, -0.1) is 0 Å². The summed E-state index contributed by atoms with van der Waals surface area (Å²) in [6.45, 7) is 7.34. The van der Waals surface area contributed by atoms with Gasteiger partial charge in [0.25, 0.3) is 5.91 Å². The first-order valence-corrected chi connectivity index (χ1v) is 13.0. The maximum absolute atomic E-state index is 14.7. The Morgan fingerprint density at radius 3 is 2.51 bits per heavy atom. The van der Waals surface area contributed by atoms with Crippen LogP contribution in [-0.4, -0.2) is 71.2 Å². The van der Waals surface area contributed by atoms with Crippen molar-refractivity contribution in [1.29, 1.82) is 0 Å². The number of aliphatic hydroxyl groups excluding tert-OH is 1. The summed E-state index contributed by atoms with van der Waals surface area (Å²) in [6, 6.07) is 8.31. The van der Waals surface area contributed by atoms with E-state index in [0.717, 1.165) is 31.5 Å². The minimum absolute atomic E-state index is 0.0311. The van der Waals surface area contributed by atoms with E-state index >= 15 is 0 Å². The smallest absolute Gasteiger partial charge is 0.256 e. The van der Waals surface area contributed by atoms with Crippen molar-refractivity contribution in [3.8, 4) is 17.0 Å². The lowest BCUT2D eigenvalue weighted by Crippen LogP contribution is -2.44. The number of amides is 1. The number of hydrogen-bond donors (Lipinski definition) is 1. The molecule has 1 atom stereocenters. The third-order valence-electron chi connectivity index (χ3n) is 8.06. The third kappa shape index (κ3) is 5.67. The van der Waals surface area contributed by atoms with Crippen molar-refractivity contribution in [3.05, 3.63) is 47.9 Å². The lowest BCUT2D eigenvalue weighted by Gasteiger charge is -2.44. The molecule has 2 aliphatic heterocycles. The van der Waals surface area contributed by atoms with Gasteiger partial charge in [0.05, 0.1) is 18.3 Å². The van der Waals surface area contributed by atoms with Gasteiger partial charge in [-0.05, 0) is 80.3 Å². The zero-order valence-electron chi connectivity index (χ0n) is 20.6. The molecule has 5 rings (SSSR count). The van der Waals surface area contributed by atoms with E-state index in [1.54, 1.807) is 12.3 Å². The molecule has 3 fully saturated rings. The maximum Gasteiger partial charge on any atom is 0.256 e. The first kappa shape index (κ1) is 24.2. The highest BCUT2D eigenvalue weighted by Crippen LogP contribution is 2.41. The molecule has 2 aromatic rings. The van der Waals surface area contributed by atoms with E-state index in [4.69, 9.17) is 4.74 Å². The van der Waals surface area contributed by atoms with Gasteiger partial charge >= 0.3 is 0 Å². The number of β-amino-alcohol motifs (C(OH)–C–C–N with tert-alkyl or cyclic N) is 1. The molecule has 188 valence electrons. The van der Waals surface area contributed by atoms with E-state index in [2.05, 4.69) is 16.8 Å². The number of ether oxygens (including phenoxy) is 1. The van der Waals surface area contributed by atoms with Gasteiger partial charge in [-0.3, -0.25) is 4.79 Å². The lowest BCUT2D eigenvalue weighted by molar-refractivity contribution is 0.0561. The van der Waals surface area contributed by atoms with Crippen LogP contribution >= 0.6 is 0 Å². The quantitative estimate of drug-likeness (QED) is 0.636. The minimum atomic E-state index is -0.563. The maximum atomic E-state index is 14.7. The molecule has 3 aliphatic rings. The number of piperidine rings is 1. The van der Waals surface area contributed by atoms with Gasteiger partial charge in [0.15, 0.2) is 0 Å². The second kappa shape index (κ2) is 10.2. The van der Waals surface area contributed by atoms with Gasteiger partial charge in [-0.1, -0.05) is 19.4 Å². The molecule has 0 radical (unpaired) electrons. The normalized spacial score (nSPS) is 22.7. The van der Waals surface area contributed by atoms with Crippen molar-refractivity contribution < 1.29 is 19.0 Å². The molecular weight excluding hydrogens is 445 g/mol. The van der Waals surface area contributed by atoms with Crippen LogP contribution in [0.5, 0.6) is 5.88 Å². The molecule has 2 saturated heterocycles. The summed E-state index contributed by atoms with van der Waals surface area (Å²) >= 11 is 0. The van der Waals surface area contributed by atoms with Crippen LogP contribution in [0.2, 0.25) is 0 Å². The number of halogens is 1. The first-order valence-electron chi connectivity index (χ1n) is 13.0. The van der Waals surface area contributed by atoms with Crippen molar-refractivity contribution in [1.82, 2.24) is 14.8 Å². The van der Waals surface area contributed by atoms with Gasteiger partial charge in [0, 0.05) is 37.5 Å². The SMILES string of the molecule is CC1(CN2CCC(COc3ccc(-c4ccc(C(=O)N5CC[C@H](O)C5)c(F)c4)cn3)CC2)CCC1. The molecule has 1 aliphatic carbocycles. The van der Waals surface area contributed by atoms with Crippen molar-refractivity contribution >= 4 is 5.91 Å². The van der Waals surface area contributed by atoms with Gasteiger partial charge in [0.1, 0.15) is 5.82 Å². The van der Waals surface area contributed by atoms with E-state index in [-0.39, 0.29) is 18.0 Å². The van der Waals surface area contributed by atoms with E-state index in [0.29, 0.717) is 42.3 Å². The lowest BCUT2D eigenvalue weighted by atomic mass is 9.70. The second-order valence-corrected chi connectivity index (χ2v) is 11.0. The monoisotopic (exact) mass is 481 g/mol. The molecule has 7 heteroatoms. The van der Waals surface area contributed by atoms with Crippen LogP contribution in [0.4, 0.5) is 4.39 Å². The number of pyridine rings is 1. The van der Waals surface area contributed by atoms with Crippen molar-refractivity contribution in [2.45, 2.75) is 51.6 Å². The molecule has 3 heterocycles. The van der Waals surface area contributed by atoms with Crippen molar-refractivity contribution in [2.24, 2.45) is 11.3 Å². The molecule has 1 saturated carbocycles. The molecule has 1 N–H and O–H groups in total. The number of nitrogens with zero attached hydrogens (tertiary/aromatic N) is 3. The van der Waals surface area contributed by atoms with Crippen LogP contribution in [0.3, 0.4) is 0 Å². The molecule has 6 nitrogen and oxygen atoms in total. The fourth-order valence-corrected chi connectivity index (χ4v) is 5.59. The molecule has 0 bridgehead atoms. The van der Waals surface area contributed by atoms with E-state index < -0.39 is 11.9 Å². The van der Waals surface area contributed by atoms with E-state index in [1.165, 1.54) is 42.8 Å². The molecule has 35 heavy (non-hydrogen) atoms. The summed E-state index contributed by atoms with van der Waals surface area (Å²) < 4.78 is 20.7. The number of carbonyl (C=O) groups excluding carboxylic acids is 1. The van der Waals surface area contributed by atoms with Crippen LogP contribution in [0, 0.1) is 17.2 Å². The number of hydrogen-bond acceptors (Lipinski definition) is 5. The summed E-state index contributed by atoms with van der Waals surface area (Å²) in [5, 5.41) is 9.64. The first-order chi connectivity index (χ1) is 16.9. The third-order valence-corrected chi connectivity index (χ3v) is 8.06. The van der Waals surface area contributed by atoms with Gasteiger partial charge in [0.2, 0.25) is 5.88 Å². The molecule has 0 unspecified atom stereocenters. The Kier molecular flexibility index (Phi) is 7.07. The zero-order chi connectivity index (χ0) is 24.4. The number of aromatic nitrogens is 1. The highest BCUT2D eigenvalue weighted by atomic mass is 19.1.